The molecule has 0 atom stereocenters. The lowest BCUT2D eigenvalue weighted by atomic mass is 10.2. The normalized spacial score (nSPS) is 9.64. The number of pyridine rings is 1. The van der Waals surface area contributed by atoms with Crippen molar-refractivity contribution in [3.8, 4) is 0 Å². The molecule has 0 unspecified atom stereocenters. The van der Waals surface area contributed by atoms with Gasteiger partial charge in [0.2, 0.25) is 0 Å². The highest BCUT2D eigenvalue weighted by Crippen LogP contribution is 2.12. The van der Waals surface area contributed by atoms with Crippen LogP contribution in [0.1, 0.15) is 12.5 Å². The predicted molar refractivity (Wildman–Crippen MR) is 47.6 cm³/mol. The molecule has 1 aromatic rings. The first-order valence-corrected chi connectivity index (χ1v) is 3.70. The zero-order chi connectivity index (χ0) is 8.27. The Morgan fingerprint density at radius 2 is 2.36 bits per heavy atom. The van der Waals surface area contributed by atoms with Crippen LogP contribution in [0.5, 0.6) is 0 Å². The number of aromatic nitrogens is 1. The lowest BCUT2D eigenvalue weighted by molar-refractivity contribution is 1.14. The molecule has 0 amide bonds. The molecule has 0 spiro atoms. The number of nitrogens with two attached hydrogens (primary N) is 1. The van der Waals surface area contributed by atoms with Crippen LogP contribution in [0.4, 0.5) is 11.5 Å². The maximum Gasteiger partial charge on any atom is 0.128 e. The predicted octanol–water partition coefficient (Wildman–Crippen LogP) is 1.40. The third-order valence-corrected chi connectivity index (χ3v) is 1.44. The minimum absolute atomic E-state index is 0.712. The standard InChI is InChI=1S/C8H13N3/c1-3-10-8-6(2)4-7(9)5-11-8/h4-5H,3,9H2,1-2H3,(H,10,11). The van der Waals surface area contributed by atoms with Crippen molar-refractivity contribution in [1.29, 1.82) is 0 Å². The molecule has 0 aromatic carbocycles. The maximum atomic E-state index is 5.53. The number of anilines is 2. The Labute approximate surface area is 66.6 Å². The molecule has 0 aliphatic carbocycles. The number of nitrogens with one attached hydrogen (secondary N) is 1. The number of rotatable bonds is 2. The van der Waals surface area contributed by atoms with Gasteiger partial charge >= 0.3 is 0 Å². The Bertz CT molecular complexity index is 245. The lowest BCUT2D eigenvalue weighted by Gasteiger charge is -2.05. The van der Waals surface area contributed by atoms with Gasteiger partial charge in [-0.2, -0.15) is 0 Å². The van der Waals surface area contributed by atoms with Crippen LogP contribution in [0.15, 0.2) is 12.3 Å². The topological polar surface area (TPSA) is 50.9 Å². The van der Waals surface area contributed by atoms with E-state index in [1.165, 1.54) is 0 Å². The van der Waals surface area contributed by atoms with E-state index in [0.29, 0.717) is 5.69 Å². The zero-order valence-corrected chi connectivity index (χ0v) is 6.89. The first-order valence-electron chi connectivity index (χ1n) is 3.70. The van der Waals surface area contributed by atoms with E-state index in [-0.39, 0.29) is 0 Å². The summed E-state index contributed by atoms with van der Waals surface area (Å²) in [6.45, 7) is 4.91. The van der Waals surface area contributed by atoms with Crippen LogP contribution >= 0.6 is 0 Å². The quantitative estimate of drug-likeness (QED) is 0.671. The van der Waals surface area contributed by atoms with E-state index in [0.717, 1.165) is 17.9 Å². The summed E-state index contributed by atoms with van der Waals surface area (Å²) in [5.74, 6) is 0.918. The molecule has 11 heavy (non-hydrogen) atoms. The first kappa shape index (κ1) is 7.85. The average molecular weight is 151 g/mol. The van der Waals surface area contributed by atoms with E-state index in [9.17, 15) is 0 Å². The Balaban J connectivity index is 2.90. The first-order chi connectivity index (χ1) is 5.24. The van der Waals surface area contributed by atoms with Crippen molar-refractivity contribution in [2.75, 3.05) is 17.6 Å². The molecule has 1 heterocycles. The number of hydrogen-bond donors (Lipinski definition) is 2. The van der Waals surface area contributed by atoms with Gasteiger partial charge in [-0.15, -0.1) is 0 Å². The van der Waals surface area contributed by atoms with Gasteiger partial charge in [-0.25, -0.2) is 4.98 Å². The van der Waals surface area contributed by atoms with Crippen LogP contribution in [-0.4, -0.2) is 11.5 Å². The van der Waals surface area contributed by atoms with E-state index >= 15 is 0 Å². The summed E-state index contributed by atoms with van der Waals surface area (Å²) in [5, 5.41) is 3.14. The molecular weight excluding hydrogens is 138 g/mol. The van der Waals surface area contributed by atoms with Gasteiger partial charge in [0, 0.05) is 6.54 Å². The Hall–Kier alpha value is -1.25. The molecule has 0 fully saturated rings. The highest BCUT2D eigenvalue weighted by atomic mass is 15.0. The van der Waals surface area contributed by atoms with Gasteiger partial charge in [0.05, 0.1) is 11.9 Å². The smallest absolute Gasteiger partial charge is 0.128 e. The molecule has 1 aromatic heterocycles. The van der Waals surface area contributed by atoms with E-state index in [1.54, 1.807) is 6.20 Å². The van der Waals surface area contributed by atoms with Crippen LogP contribution in [0.25, 0.3) is 0 Å². The number of aryl methyl sites for hydroxylation is 1. The van der Waals surface area contributed by atoms with Crippen molar-refractivity contribution >= 4 is 11.5 Å². The van der Waals surface area contributed by atoms with Gasteiger partial charge in [0.1, 0.15) is 5.82 Å². The van der Waals surface area contributed by atoms with Crippen molar-refractivity contribution in [3.63, 3.8) is 0 Å². The van der Waals surface area contributed by atoms with Gasteiger partial charge < -0.3 is 11.1 Å². The molecule has 0 saturated carbocycles. The summed E-state index contributed by atoms with van der Waals surface area (Å²) in [4.78, 5) is 4.13. The molecule has 0 saturated heterocycles. The summed E-state index contributed by atoms with van der Waals surface area (Å²) in [5.41, 5.74) is 7.34. The van der Waals surface area contributed by atoms with E-state index < -0.39 is 0 Å². The number of hydrogen-bond acceptors (Lipinski definition) is 3. The third-order valence-electron chi connectivity index (χ3n) is 1.44. The Morgan fingerprint density at radius 3 is 2.91 bits per heavy atom. The fraction of sp³-hybridized carbons (Fsp3) is 0.375. The lowest BCUT2D eigenvalue weighted by Crippen LogP contribution is -2.01. The minimum atomic E-state index is 0.712. The second kappa shape index (κ2) is 3.23. The molecule has 3 N–H and O–H groups in total. The fourth-order valence-corrected chi connectivity index (χ4v) is 0.949. The van der Waals surface area contributed by atoms with Gasteiger partial charge in [-0.05, 0) is 25.5 Å². The van der Waals surface area contributed by atoms with Crippen molar-refractivity contribution in [2.45, 2.75) is 13.8 Å². The fourth-order valence-electron chi connectivity index (χ4n) is 0.949. The number of nitrogen functional groups attached to an aromatic ring is 1. The molecule has 0 radical (unpaired) electrons. The maximum absolute atomic E-state index is 5.53. The van der Waals surface area contributed by atoms with E-state index in [4.69, 9.17) is 5.73 Å². The summed E-state index contributed by atoms with van der Waals surface area (Å²) < 4.78 is 0. The highest BCUT2D eigenvalue weighted by molar-refractivity contribution is 5.50. The minimum Gasteiger partial charge on any atom is -0.397 e. The molecular formula is C8H13N3. The molecule has 1 rings (SSSR count). The van der Waals surface area contributed by atoms with E-state index in [2.05, 4.69) is 10.3 Å². The van der Waals surface area contributed by atoms with Crippen molar-refractivity contribution in [1.82, 2.24) is 4.98 Å². The molecule has 0 bridgehead atoms. The number of nitrogens with zero attached hydrogens (tertiary/aromatic N) is 1. The molecule has 60 valence electrons. The van der Waals surface area contributed by atoms with Crippen LogP contribution < -0.4 is 11.1 Å². The van der Waals surface area contributed by atoms with Crippen LogP contribution in [0.3, 0.4) is 0 Å². The summed E-state index contributed by atoms with van der Waals surface area (Å²) in [7, 11) is 0. The van der Waals surface area contributed by atoms with Crippen LogP contribution in [-0.2, 0) is 0 Å². The van der Waals surface area contributed by atoms with Gasteiger partial charge in [0.25, 0.3) is 0 Å². The van der Waals surface area contributed by atoms with Gasteiger partial charge in [0.15, 0.2) is 0 Å². The largest absolute Gasteiger partial charge is 0.397 e. The second-order valence-corrected chi connectivity index (χ2v) is 2.46. The SMILES string of the molecule is CCNc1ncc(N)cc1C. The van der Waals surface area contributed by atoms with E-state index in [1.807, 2.05) is 19.9 Å². The summed E-state index contributed by atoms with van der Waals surface area (Å²) in [6.07, 6.45) is 1.66. The molecule has 0 aliphatic rings. The monoisotopic (exact) mass is 151 g/mol. The Kier molecular flexibility index (Phi) is 2.31. The van der Waals surface area contributed by atoms with Gasteiger partial charge in [-0.1, -0.05) is 0 Å². The Morgan fingerprint density at radius 1 is 1.64 bits per heavy atom. The highest BCUT2D eigenvalue weighted by Gasteiger charge is 1.96. The molecule has 3 nitrogen and oxygen atoms in total. The zero-order valence-electron chi connectivity index (χ0n) is 6.89. The molecule has 0 aliphatic heterocycles. The summed E-state index contributed by atoms with van der Waals surface area (Å²) in [6, 6.07) is 1.91. The third kappa shape index (κ3) is 1.83. The van der Waals surface area contributed by atoms with Crippen molar-refractivity contribution < 1.29 is 0 Å². The molecule has 3 heteroatoms. The average Bonchev–Trinajstić information content (AvgIpc) is 1.95. The van der Waals surface area contributed by atoms with Gasteiger partial charge in [-0.3, -0.25) is 0 Å². The second-order valence-electron chi connectivity index (χ2n) is 2.46. The van der Waals surface area contributed by atoms with Crippen molar-refractivity contribution in [3.05, 3.63) is 17.8 Å². The van der Waals surface area contributed by atoms with Crippen LogP contribution in [0, 0.1) is 6.92 Å². The summed E-state index contributed by atoms with van der Waals surface area (Å²) >= 11 is 0. The van der Waals surface area contributed by atoms with Crippen LogP contribution in [0.2, 0.25) is 0 Å². The van der Waals surface area contributed by atoms with Crippen molar-refractivity contribution in [2.24, 2.45) is 0 Å².